The molecular weight excluding hydrogens is 295 g/mol. The number of likely N-dealkylation sites (tertiary alicyclic amines) is 1. The van der Waals surface area contributed by atoms with E-state index in [1.54, 1.807) is 16.9 Å². The molecule has 7 heteroatoms. The van der Waals surface area contributed by atoms with Crippen molar-refractivity contribution in [2.45, 2.75) is 25.4 Å². The van der Waals surface area contributed by atoms with Gasteiger partial charge in [-0.2, -0.15) is 0 Å². The van der Waals surface area contributed by atoms with Gasteiger partial charge in [-0.05, 0) is 37.6 Å². The van der Waals surface area contributed by atoms with Crippen LogP contribution in [0, 0.1) is 5.82 Å². The summed E-state index contributed by atoms with van der Waals surface area (Å²) < 4.78 is 14.7. The highest BCUT2D eigenvalue weighted by Gasteiger charge is 2.24. The van der Waals surface area contributed by atoms with Gasteiger partial charge in [0.25, 0.3) is 0 Å². The van der Waals surface area contributed by atoms with Crippen LogP contribution in [0.25, 0.3) is 5.69 Å². The van der Waals surface area contributed by atoms with E-state index in [0.717, 1.165) is 25.1 Å². The summed E-state index contributed by atoms with van der Waals surface area (Å²) in [6.07, 6.45) is 3.90. The number of nitrogens with zero attached hydrogens (tertiary/aromatic N) is 4. The second kappa shape index (κ2) is 6.09. The molecule has 5 nitrogen and oxygen atoms in total. The normalized spacial score (nSPS) is 19.3. The van der Waals surface area contributed by atoms with Crippen molar-refractivity contribution in [1.29, 1.82) is 0 Å². The minimum absolute atomic E-state index is 0.0597. The average Bonchev–Trinajstić information content (AvgIpc) is 3.11. The third kappa shape index (κ3) is 3.07. The number of benzene rings is 1. The molecule has 112 valence electrons. The topological polar surface area (TPSA) is 54.2 Å². The molecule has 0 amide bonds. The monoisotopic (exact) mass is 310 g/mol. The van der Waals surface area contributed by atoms with Gasteiger partial charge >= 0.3 is 0 Å². The molecule has 0 unspecified atom stereocenters. The van der Waals surface area contributed by atoms with Crippen molar-refractivity contribution in [3.63, 3.8) is 0 Å². The second-order valence-corrected chi connectivity index (χ2v) is 5.61. The number of aliphatic hydroxyl groups is 1. The number of halogens is 2. The van der Waals surface area contributed by atoms with Crippen molar-refractivity contribution < 1.29 is 9.50 Å². The zero-order valence-electron chi connectivity index (χ0n) is 11.4. The Labute approximate surface area is 126 Å². The largest absolute Gasteiger partial charge is 0.395 e. The van der Waals surface area contributed by atoms with Gasteiger partial charge in [0.2, 0.25) is 0 Å². The zero-order valence-corrected chi connectivity index (χ0v) is 12.2. The first-order valence-corrected chi connectivity index (χ1v) is 7.26. The number of hydrogen-bond acceptors (Lipinski definition) is 4. The molecule has 1 aliphatic heterocycles. The molecule has 1 saturated heterocycles. The van der Waals surface area contributed by atoms with Crippen LogP contribution in [0.5, 0.6) is 0 Å². The number of aromatic nitrogens is 3. The average molecular weight is 311 g/mol. The van der Waals surface area contributed by atoms with Gasteiger partial charge in [-0.3, -0.25) is 4.90 Å². The van der Waals surface area contributed by atoms with Crippen LogP contribution in [0.4, 0.5) is 4.39 Å². The van der Waals surface area contributed by atoms with Gasteiger partial charge in [-0.25, -0.2) is 9.07 Å². The summed E-state index contributed by atoms with van der Waals surface area (Å²) >= 11 is 5.77. The predicted octanol–water partition coefficient (Wildman–Crippen LogP) is 2.02. The van der Waals surface area contributed by atoms with Crippen molar-refractivity contribution in [1.82, 2.24) is 19.9 Å². The van der Waals surface area contributed by atoms with Crippen molar-refractivity contribution in [3.8, 4) is 5.69 Å². The molecule has 1 atom stereocenters. The van der Waals surface area contributed by atoms with Crippen LogP contribution < -0.4 is 0 Å². The Morgan fingerprint density at radius 3 is 3.05 bits per heavy atom. The van der Waals surface area contributed by atoms with E-state index in [2.05, 4.69) is 15.2 Å². The fraction of sp³-hybridized carbons (Fsp3) is 0.429. The summed E-state index contributed by atoms with van der Waals surface area (Å²) in [5.74, 6) is -0.455. The highest BCUT2D eigenvalue weighted by atomic mass is 35.5. The maximum absolute atomic E-state index is 13.2. The quantitative estimate of drug-likeness (QED) is 0.938. The first-order chi connectivity index (χ1) is 10.2. The van der Waals surface area contributed by atoms with Crippen LogP contribution in [0.15, 0.2) is 24.4 Å². The van der Waals surface area contributed by atoms with E-state index >= 15 is 0 Å². The Balaban J connectivity index is 1.75. The summed E-state index contributed by atoms with van der Waals surface area (Å²) in [7, 11) is 0. The Bertz CT molecular complexity index is 633. The molecule has 1 N–H and O–H groups in total. The molecular formula is C14H16ClFN4O. The lowest BCUT2D eigenvalue weighted by Gasteiger charge is -2.20. The second-order valence-electron chi connectivity index (χ2n) is 5.20. The van der Waals surface area contributed by atoms with E-state index in [1.165, 1.54) is 12.1 Å². The standard InChI is InChI=1S/C14H16ClFN4O/c15-13-6-11(3-4-14(13)16)20-8-10(17-18-20)7-19-5-1-2-12(19)9-21/h3-4,6,8,12,21H,1-2,5,7,9H2/t12-/m1/s1. The van der Waals surface area contributed by atoms with Crippen LogP contribution in [0.1, 0.15) is 18.5 Å². The van der Waals surface area contributed by atoms with E-state index in [-0.39, 0.29) is 17.7 Å². The smallest absolute Gasteiger partial charge is 0.141 e. The molecule has 0 spiro atoms. The number of rotatable bonds is 4. The lowest BCUT2D eigenvalue weighted by Crippen LogP contribution is -2.31. The van der Waals surface area contributed by atoms with E-state index < -0.39 is 5.82 Å². The maximum atomic E-state index is 13.2. The molecule has 1 aromatic carbocycles. The van der Waals surface area contributed by atoms with Gasteiger partial charge in [0.1, 0.15) is 5.82 Å². The summed E-state index contributed by atoms with van der Waals surface area (Å²) in [4.78, 5) is 2.20. The van der Waals surface area contributed by atoms with Crippen molar-refractivity contribution in [2.75, 3.05) is 13.2 Å². The van der Waals surface area contributed by atoms with Crippen LogP contribution in [0.2, 0.25) is 5.02 Å². The third-order valence-electron chi connectivity index (χ3n) is 3.78. The van der Waals surface area contributed by atoms with E-state index in [1.807, 2.05) is 0 Å². The minimum atomic E-state index is -0.455. The lowest BCUT2D eigenvalue weighted by molar-refractivity contribution is 0.152. The van der Waals surface area contributed by atoms with Crippen molar-refractivity contribution in [3.05, 3.63) is 40.9 Å². The summed E-state index contributed by atoms with van der Waals surface area (Å²) in [6.45, 7) is 1.78. The highest BCUT2D eigenvalue weighted by Crippen LogP contribution is 2.20. The van der Waals surface area contributed by atoms with Gasteiger partial charge in [0, 0.05) is 12.6 Å². The molecule has 0 aliphatic carbocycles. The molecule has 1 aromatic heterocycles. The highest BCUT2D eigenvalue weighted by molar-refractivity contribution is 6.30. The molecule has 3 rings (SSSR count). The predicted molar refractivity (Wildman–Crippen MR) is 76.8 cm³/mol. The molecule has 2 heterocycles. The van der Waals surface area contributed by atoms with Crippen LogP contribution >= 0.6 is 11.6 Å². The van der Waals surface area contributed by atoms with E-state index in [0.29, 0.717) is 12.2 Å². The fourth-order valence-electron chi connectivity index (χ4n) is 2.64. The Morgan fingerprint density at radius 2 is 2.29 bits per heavy atom. The van der Waals surface area contributed by atoms with Gasteiger partial charge in [0.05, 0.1) is 29.2 Å². The molecule has 0 radical (unpaired) electrons. The Morgan fingerprint density at radius 1 is 1.43 bits per heavy atom. The fourth-order valence-corrected chi connectivity index (χ4v) is 2.82. The van der Waals surface area contributed by atoms with Gasteiger partial charge in [-0.1, -0.05) is 16.8 Å². The van der Waals surface area contributed by atoms with Crippen LogP contribution in [0.3, 0.4) is 0 Å². The SMILES string of the molecule is OC[C@H]1CCCN1Cc1cn(-c2ccc(F)c(Cl)c2)nn1. The van der Waals surface area contributed by atoms with E-state index in [4.69, 9.17) is 11.6 Å². The molecule has 1 aliphatic rings. The first kappa shape index (κ1) is 14.4. The summed E-state index contributed by atoms with van der Waals surface area (Å²) in [6, 6.07) is 4.63. The Kier molecular flexibility index (Phi) is 4.19. The number of hydrogen-bond donors (Lipinski definition) is 1. The summed E-state index contributed by atoms with van der Waals surface area (Å²) in [5.41, 5.74) is 1.48. The first-order valence-electron chi connectivity index (χ1n) is 6.89. The van der Waals surface area contributed by atoms with Crippen molar-refractivity contribution >= 4 is 11.6 Å². The molecule has 2 aromatic rings. The molecule has 0 bridgehead atoms. The zero-order chi connectivity index (χ0) is 14.8. The lowest BCUT2D eigenvalue weighted by atomic mass is 10.2. The number of aliphatic hydroxyl groups excluding tert-OH is 1. The molecule has 0 saturated carbocycles. The van der Waals surface area contributed by atoms with Gasteiger partial charge in [0.15, 0.2) is 0 Å². The minimum Gasteiger partial charge on any atom is -0.395 e. The van der Waals surface area contributed by atoms with Crippen LogP contribution in [-0.2, 0) is 6.54 Å². The van der Waals surface area contributed by atoms with Crippen molar-refractivity contribution in [2.24, 2.45) is 0 Å². The summed E-state index contributed by atoms with van der Waals surface area (Å²) in [5, 5.41) is 17.6. The Hall–Kier alpha value is -1.50. The van der Waals surface area contributed by atoms with Gasteiger partial charge < -0.3 is 5.11 Å². The van der Waals surface area contributed by atoms with Gasteiger partial charge in [-0.15, -0.1) is 5.10 Å². The van der Waals surface area contributed by atoms with Crippen LogP contribution in [-0.4, -0.2) is 44.2 Å². The third-order valence-corrected chi connectivity index (χ3v) is 4.07. The van der Waals surface area contributed by atoms with E-state index in [9.17, 15) is 9.50 Å². The molecule has 21 heavy (non-hydrogen) atoms. The molecule has 1 fully saturated rings. The maximum Gasteiger partial charge on any atom is 0.141 e.